The maximum atomic E-state index is 12.0. The molecule has 7 atom stereocenters. The fourth-order valence-corrected chi connectivity index (χ4v) is 7.01. The molecule has 1 aliphatic heterocycles. The van der Waals surface area contributed by atoms with Gasteiger partial charge in [0.2, 0.25) is 0 Å². The minimum Gasteiger partial charge on any atom is -0.452 e. The maximum Gasteiger partial charge on any atom is 0.334 e. The van der Waals surface area contributed by atoms with E-state index in [-0.39, 0.29) is 10.8 Å². The zero-order chi connectivity index (χ0) is 18.4. The van der Waals surface area contributed by atoms with Gasteiger partial charge in [-0.1, -0.05) is 27.2 Å². The molecule has 4 rings (SSSR count). The van der Waals surface area contributed by atoms with E-state index in [9.17, 15) is 20.1 Å². The van der Waals surface area contributed by atoms with Gasteiger partial charge in [-0.25, -0.2) is 4.79 Å². The number of hydrogen-bond acceptors (Lipinski definition) is 5. The Morgan fingerprint density at radius 3 is 2.48 bits per heavy atom. The second kappa shape index (κ2) is 5.08. The lowest BCUT2D eigenvalue weighted by Crippen LogP contribution is -2.71. The minimum atomic E-state index is -1.40. The van der Waals surface area contributed by atoms with E-state index in [4.69, 9.17) is 4.74 Å². The van der Waals surface area contributed by atoms with E-state index in [1.54, 1.807) is 6.92 Å². The van der Waals surface area contributed by atoms with Crippen LogP contribution in [0, 0.1) is 22.7 Å². The van der Waals surface area contributed by atoms with Crippen molar-refractivity contribution in [2.24, 2.45) is 22.7 Å². The molecular weight excluding hydrogens is 320 g/mol. The molecule has 3 fully saturated rings. The van der Waals surface area contributed by atoms with Crippen molar-refractivity contribution in [1.82, 2.24) is 0 Å². The first-order valence-electron chi connectivity index (χ1n) is 9.54. The number of aliphatic hydroxyl groups excluding tert-OH is 2. The van der Waals surface area contributed by atoms with E-state index >= 15 is 0 Å². The Bertz CT molecular complexity index is 652. The molecule has 0 aromatic heterocycles. The van der Waals surface area contributed by atoms with Crippen LogP contribution in [0.5, 0.6) is 0 Å². The smallest absolute Gasteiger partial charge is 0.334 e. The largest absolute Gasteiger partial charge is 0.452 e. The first kappa shape index (κ1) is 17.5. The molecular formula is C20H30O5. The van der Waals surface area contributed by atoms with Crippen LogP contribution in [0.4, 0.5) is 0 Å². The molecule has 25 heavy (non-hydrogen) atoms. The molecule has 0 saturated heterocycles. The van der Waals surface area contributed by atoms with Gasteiger partial charge in [0.05, 0.1) is 0 Å². The van der Waals surface area contributed by atoms with E-state index in [1.807, 2.05) is 0 Å². The number of rotatable bonds is 0. The zero-order valence-corrected chi connectivity index (χ0v) is 15.6. The number of ether oxygens (including phenoxy) is 1. The first-order chi connectivity index (χ1) is 11.5. The van der Waals surface area contributed by atoms with Gasteiger partial charge in [-0.3, -0.25) is 0 Å². The van der Waals surface area contributed by atoms with Gasteiger partial charge in [-0.05, 0) is 49.4 Å². The molecule has 1 unspecified atom stereocenters. The van der Waals surface area contributed by atoms with E-state index in [0.29, 0.717) is 23.5 Å². The van der Waals surface area contributed by atoms with Crippen LogP contribution in [-0.4, -0.2) is 45.2 Å². The Labute approximate surface area is 149 Å². The van der Waals surface area contributed by atoms with Crippen molar-refractivity contribution >= 4 is 5.97 Å². The third-order valence-electron chi connectivity index (χ3n) is 8.06. The standard InChI is InChI=1S/C20H30O5/c1-10-12-14(25-17(10)23)13(21)15-19(4)8-5-7-18(2,3)11(19)6-9-20(15,24)16(12)22/h11,13-16,21-22,24H,5-9H2,1-4H3/t11-,13+,14+,15?,16-,19-,20-/m1/s1. The first-order valence-corrected chi connectivity index (χ1v) is 9.54. The van der Waals surface area contributed by atoms with E-state index < -0.39 is 35.8 Å². The highest BCUT2D eigenvalue weighted by Crippen LogP contribution is 2.65. The lowest BCUT2D eigenvalue weighted by atomic mass is 9.42. The fourth-order valence-electron chi connectivity index (χ4n) is 7.01. The summed E-state index contributed by atoms with van der Waals surface area (Å²) in [5.74, 6) is -0.628. The molecule has 0 bridgehead atoms. The van der Waals surface area contributed by atoms with Crippen molar-refractivity contribution in [2.75, 3.05) is 0 Å². The summed E-state index contributed by atoms with van der Waals surface area (Å²) < 4.78 is 5.40. The third kappa shape index (κ3) is 2.03. The molecule has 1 heterocycles. The molecule has 0 radical (unpaired) electrons. The third-order valence-corrected chi connectivity index (χ3v) is 8.06. The summed E-state index contributed by atoms with van der Waals surface area (Å²) >= 11 is 0. The van der Waals surface area contributed by atoms with Crippen molar-refractivity contribution in [3.8, 4) is 0 Å². The molecule has 5 nitrogen and oxygen atoms in total. The molecule has 3 aliphatic carbocycles. The molecule has 3 N–H and O–H groups in total. The van der Waals surface area contributed by atoms with Crippen LogP contribution in [0.25, 0.3) is 0 Å². The van der Waals surface area contributed by atoms with E-state index in [1.165, 1.54) is 0 Å². The van der Waals surface area contributed by atoms with Crippen molar-refractivity contribution < 1.29 is 24.9 Å². The summed E-state index contributed by atoms with van der Waals surface area (Å²) in [6.45, 7) is 8.31. The quantitative estimate of drug-likeness (QED) is 0.581. The van der Waals surface area contributed by atoms with Gasteiger partial charge >= 0.3 is 5.97 Å². The van der Waals surface area contributed by atoms with Crippen LogP contribution in [0.3, 0.4) is 0 Å². The van der Waals surface area contributed by atoms with Gasteiger partial charge in [-0.2, -0.15) is 0 Å². The number of carbonyl (C=O) groups is 1. The SMILES string of the molecule is CC1=C2[C@@H](O)[C@@]3(O)CC[C@@H]4C(C)(C)CCC[C@@]4(C)C3[C@@H](O)[C@H]2OC1=O. The van der Waals surface area contributed by atoms with Crippen molar-refractivity contribution in [1.29, 1.82) is 0 Å². The summed E-state index contributed by atoms with van der Waals surface area (Å²) in [4.78, 5) is 12.0. The van der Waals surface area contributed by atoms with Gasteiger partial charge in [-0.15, -0.1) is 0 Å². The highest BCUT2D eigenvalue weighted by molar-refractivity contribution is 5.92. The van der Waals surface area contributed by atoms with E-state index in [2.05, 4.69) is 20.8 Å². The topological polar surface area (TPSA) is 87.0 Å². The van der Waals surface area contributed by atoms with Gasteiger partial charge in [0.15, 0.2) is 6.10 Å². The highest BCUT2D eigenvalue weighted by atomic mass is 16.6. The van der Waals surface area contributed by atoms with Crippen LogP contribution in [0.15, 0.2) is 11.1 Å². The molecule has 140 valence electrons. The molecule has 0 spiro atoms. The lowest BCUT2D eigenvalue weighted by molar-refractivity contribution is -0.259. The molecule has 0 aromatic carbocycles. The van der Waals surface area contributed by atoms with E-state index in [0.717, 1.165) is 25.7 Å². The number of fused-ring (bicyclic) bond motifs is 4. The second-order valence-corrected chi connectivity index (χ2v) is 9.71. The van der Waals surface area contributed by atoms with Crippen molar-refractivity contribution in [3.05, 3.63) is 11.1 Å². The summed E-state index contributed by atoms with van der Waals surface area (Å²) in [6, 6.07) is 0. The Balaban J connectivity index is 1.84. The predicted molar refractivity (Wildman–Crippen MR) is 91.5 cm³/mol. The summed E-state index contributed by atoms with van der Waals surface area (Å²) in [5, 5.41) is 33.8. The highest BCUT2D eigenvalue weighted by Gasteiger charge is 2.69. The van der Waals surface area contributed by atoms with Crippen LogP contribution in [-0.2, 0) is 9.53 Å². The van der Waals surface area contributed by atoms with Crippen LogP contribution < -0.4 is 0 Å². The van der Waals surface area contributed by atoms with Crippen LogP contribution in [0.2, 0.25) is 0 Å². The fraction of sp³-hybridized carbons (Fsp3) is 0.850. The molecule has 5 heteroatoms. The number of carbonyl (C=O) groups excluding carboxylic acids is 1. The van der Waals surface area contributed by atoms with Crippen LogP contribution >= 0.6 is 0 Å². The Hall–Kier alpha value is -0.910. The average molecular weight is 350 g/mol. The van der Waals surface area contributed by atoms with Gasteiger partial charge in [0, 0.05) is 17.1 Å². The summed E-state index contributed by atoms with van der Waals surface area (Å²) in [5.41, 5.74) is -0.840. The predicted octanol–water partition coefficient (Wildman–Crippen LogP) is 1.94. The average Bonchev–Trinajstić information content (AvgIpc) is 2.80. The van der Waals surface area contributed by atoms with Gasteiger partial charge in [0.25, 0.3) is 0 Å². The number of aliphatic hydroxyl groups is 3. The maximum absolute atomic E-state index is 12.0. The molecule has 0 amide bonds. The summed E-state index contributed by atoms with van der Waals surface area (Å²) in [6.07, 6.45) is 1.40. The van der Waals surface area contributed by atoms with Gasteiger partial charge in [0.1, 0.15) is 17.8 Å². The van der Waals surface area contributed by atoms with Crippen molar-refractivity contribution in [3.63, 3.8) is 0 Å². The number of hydrogen-bond donors (Lipinski definition) is 3. The molecule has 4 aliphatic rings. The van der Waals surface area contributed by atoms with Crippen molar-refractivity contribution in [2.45, 2.75) is 83.7 Å². The normalized spacial score (nSPS) is 51.5. The minimum absolute atomic E-state index is 0.136. The lowest BCUT2D eigenvalue weighted by Gasteiger charge is -2.65. The Morgan fingerprint density at radius 1 is 1.12 bits per heavy atom. The molecule has 3 saturated carbocycles. The number of esters is 1. The summed E-state index contributed by atoms with van der Waals surface area (Å²) in [7, 11) is 0. The second-order valence-electron chi connectivity index (χ2n) is 9.71. The Kier molecular flexibility index (Phi) is 3.56. The monoisotopic (exact) mass is 350 g/mol. The van der Waals surface area contributed by atoms with Crippen LogP contribution in [0.1, 0.15) is 59.8 Å². The Morgan fingerprint density at radius 2 is 1.80 bits per heavy atom. The molecule has 0 aromatic rings. The zero-order valence-electron chi connectivity index (χ0n) is 15.6. The van der Waals surface area contributed by atoms with Gasteiger partial charge < -0.3 is 20.1 Å².